The number of benzene rings is 1. The van der Waals surface area contributed by atoms with E-state index in [-0.39, 0.29) is 12.0 Å². The van der Waals surface area contributed by atoms with Crippen LogP contribution in [0, 0.1) is 5.92 Å². The second kappa shape index (κ2) is 8.07. The van der Waals surface area contributed by atoms with Crippen molar-refractivity contribution in [2.24, 2.45) is 5.92 Å². The number of ether oxygens (including phenoxy) is 2. The molecule has 2 aliphatic heterocycles. The summed E-state index contributed by atoms with van der Waals surface area (Å²) in [6.45, 7) is 7.87. The summed E-state index contributed by atoms with van der Waals surface area (Å²) in [4.78, 5) is 26.5. The maximum Gasteiger partial charge on any atom is 0.410 e. The maximum absolute atomic E-state index is 12.7. The number of nitrogens with two attached hydrogens (primary N) is 1. The molecule has 0 bridgehead atoms. The summed E-state index contributed by atoms with van der Waals surface area (Å²) in [5.74, 6) is 0.634. The van der Waals surface area contributed by atoms with E-state index in [4.69, 9.17) is 26.8 Å². The van der Waals surface area contributed by atoms with Crippen LogP contribution in [-0.2, 0) is 11.2 Å². The molecule has 0 saturated carbocycles. The van der Waals surface area contributed by atoms with Crippen molar-refractivity contribution < 1.29 is 19.1 Å². The molecule has 7 nitrogen and oxygen atoms in total. The highest BCUT2D eigenvalue weighted by atomic mass is 35.5. The average molecular weight is 410 g/mol. The van der Waals surface area contributed by atoms with Crippen LogP contribution in [0.3, 0.4) is 0 Å². The number of hydrogen-bond donors (Lipinski definition) is 2. The largest absolute Gasteiger partial charge is 0.492 e. The van der Waals surface area contributed by atoms with Gasteiger partial charge >= 0.3 is 6.09 Å². The number of nitrogens with one attached hydrogen (secondary N) is 1. The predicted molar refractivity (Wildman–Crippen MR) is 108 cm³/mol. The van der Waals surface area contributed by atoms with E-state index in [1.54, 1.807) is 11.0 Å². The number of rotatable bonds is 3. The molecule has 154 valence electrons. The van der Waals surface area contributed by atoms with E-state index in [1.807, 2.05) is 20.8 Å². The van der Waals surface area contributed by atoms with E-state index in [0.29, 0.717) is 60.6 Å². The van der Waals surface area contributed by atoms with Crippen LogP contribution in [0.25, 0.3) is 0 Å². The Hall–Kier alpha value is -2.15. The lowest BCUT2D eigenvalue weighted by molar-refractivity contribution is 0.0183. The van der Waals surface area contributed by atoms with Crippen LogP contribution in [0.1, 0.15) is 49.5 Å². The SMILES string of the molecule is CC(C)(C)OC(=O)N1CCC(CNC(=O)c2cc(Cl)c(N)c3c2OCC3)CC1. The van der Waals surface area contributed by atoms with Gasteiger partial charge in [0, 0.05) is 31.6 Å². The molecule has 3 rings (SSSR count). The van der Waals surface area contributed by atoms with E-state index in [2.05, 4.69) is 5.32 Å². The number of fused-ring (bicyclic) bond motifs is 1. The molecule has 2 amide bonds. The number of nitrogen functional groups attached to an aromatic ring is 1. The Balaban J connectivity index is 1.53. The molecule has 8 heteroatoms. The molecular weight excluding hydrogens is 382 g/mol. The van der Waals surface area contributed by atoms with Gasteiger partial charge in [-0.05, 0) is 45.6 Å². The number of likely N-dealkylation sites (tertiary alicyclic amines) is 1. The number of piperidine rings is 1. The van der Waals surface area contributed by atoms with Gasteiger partial charge in [-0.25, -0.2) is 4.79 Å². The molecule has 0 atom stereocenters. The maximum atomic E-state index is 12.7. The molecule has 1 fully saturated rings. The molecule has 0 aliphatic carbocycles. The van der Waals surface area contributed by atoms with Gasteiger partial charge in [0.15, 0.2) is 0 Å². The summed E-state index contributed by atoms with van der Waals surface area (Å²) in [5.41, 5.74) is 7.21. The quantitative estimate of drug-likeness (QED) is 0.747. The number of carbonyl (C=O) groups is 2. The van der Waals surface area contributed by atoms with Crippen LogP contribution in [-0.4, -0.2) is 48.7 Å². The highest BCUT2D eigenvalue weighted by Crippen LogP contribution is 2.38. The molecule has 2 aliphatic rings. The standard InChI is InChI=1S/C20H28ClN3O4/c1-20(2,3)28-19(26)24-7-4-12(5-8-24)11-23-18(25)14-10-15(21)16(22)13-6-9-27-17(13)14/h10,12H,4-9,11,22H2,1-3H3,(H,23,25). The lowest BCUT2D eigenvalue weighted by Crippen LogP contribution is -2.43. The van der Waals surface area contributed by atoms with Crippen LogP contribution in [0.5, 0.6) is 5.75 Å². The van der Waals surface area contributed by atoms with Gasteiger partial charge in [0.25, 0.3) is 5.91 Å². The molecule has 1 aromatic rings. The molecule has 0 spiro atoms. The Kier molecular flexibility index (Phi) is 5.93. The Morgan fingerprint density at radius 2 is 2.04 bits per heavy atom. The molecule has 1 saturated heterocycles. The smallest absolute Gasteiger partial charge is 0.410 e. The van der Waals surface area contributed by atoms with Gasteiger partial charge in [-0.3, -0.25) is 4.79 Å². The van der Waals surface area contributed by atoms with Crippen LogP contribution in [0.4, 0.5) is 10.5 Å². The Bertz CT molecular complexity index is 768. The molecule has 3 N–H and O–H groups in total. The number of anilines is 1. The average Bonchev–Trinajstić information content (AvgIpc) is 3.11. The minimum Gasteiger partial charge on any atom is -0.492 e. The Morgan fingerprint density at radius 1 is 1.36 bits per heavy atom. The lowest BCUT2D eigenvalue weighted by Gasteiger charge is -2.33. The zero-order chi connectivity index (χ0) is 20.5. The first-order valence-corrected chi connectivity index (χ1v) is 10.0. The highest BCUT2D eigenvalue weighted by Gasteiger charge is 2.28. The van der Waals surface area contributed by atoms with Gasteiger partial charge in [-0.2, -0.15) is 0 Å². The first kappa shape index (κ1) is 20.6. The minimum absolute atomic E-state index is 0.213. The first-order chi connectivity index (χ1) is 13.2. The van der Waals surface area contributed by atoms with Crippen LogP contribution in [0.15, 0.2) is 6.07 Å². The van der Waals surface area contributed by atoms with E-state index >= 15 is 0 Å². The fraction of sp³-hybridized carbons (Fsp3) is 0.600. The summed E-state index contributed by atoms with van der Waals surface area (Å²) < 4.78 is 11.0. The topological polar surface area (TPSA) is 93.9 Å². The normalized spacial score (nSPS) is 17.1. The first-order valence-electron chi connectivity index (χ1n) is 9.65. The number of halogens is 1. The third-order valence-electron chi connectivity index (χ3n) is 5.03. The van der Waals surface area contributed by atoms with Gasteiger partial charge in [0.05, 0.1) is 22.9 Å². The van der Waals surface area contributed by atoms with Gasteiger partial charge in [0.1, 0.15) is 11.4 Å². The third-order valence-corrected chi connectivity index (χ3v) is 5.35. The molecule has 2 heterocycles. The summed E-state index contributed by atoms with van der Waals surface area (Å²) >= 11 is 6.17. The monoisotopic (exact) mass is 409 g/mol. The van der Waals surface area contributed by atoms with E-state index in [1.165, 1.54) is 0 Å². The molecular formula is C20H28ClN3O4. The molecule has 0 unspecified atom stereocenters. The molecule has 0 radical (unpaired) electrons. The van der Waals surface area contributed by atoms with Gasteiger partial charge in [-0.1, -0.05) is 11.6 Å². The van der Waals surface area contributed by atoms with Crippen molar-refractivity contribution in [3.05, 3.63) is 22.2 Å². The molecule has 28 heavy (non-hydrogen) atoms. The van der Waals surface area contributed by atoms with Crippen LogP contribution >= 0.6 is 11.6 Å². The summed E-state index contributed by atoms with van der Waals surface area (Å²) in [6.07, 6.45) is 2.01. The number of carbonyl (C=O) groups excluding carboxylic acids is 2. The third kappa shape index (κ3) is 4.63. The second-order valence-corrected chi connectivity index (χ2v) is 8.75. The van der Waals surface area contributed by atoms with Crippen molar-refractivity contribution >= 4 is 29.3 Å². The van der Waals surface area contributed by atoms with E-state index < -0.39 is 5.60 Å². The van der Waals surface area contributed by atoms with Crippen molar-refractivity contribution in [3.8, 4) is 5.75 Å². The van der Waals surface area contributed by atoms with Crippen molar-refractivity contribution in [1.82, 2.24) is 10.2 Å². The predicted octanol–water partition coefficient (Wildman–Crippen LogP) is 3.23. The zero-order valence-corrected chi connectivity index (χ0v) is 17.4. The van der Waals surface area contributed by atoms with Crippen molar-refractivity contribution in [2.75, 3.05) is 32.0 Å². The summed E-state index contributed by atoms with van der Waals surface area (Å²) in [6, 6.07) is 1.57. The van der Waals surface area contributed by atoms with Crippen LogP contribution < -0.4 is 15.8 Å². The minimum atomic E-state index is -0.495. The molecule has 0 aromatic heterocycles. The summed E-state index contributed by atoms with van der Waals surface area (Å²) in [5, 5.41) is 3.35. The highest BCUT2D eigenvalue weighted by molar-refractivity contribution is 6.33. The Labute approximate surface area is 170 Å². The fourth-order valence-electron chi connectivity index (χ4n) is 3.51. The summed E-state index contributed by atoms with van der Waals surface area (Å²) in [7, 11) is 0. The van der Waals surface area contributed by atoms with Crippen molar-refractivity contribution in [2.45, 2.75) is 45.6 Å². The lowest BCUT2D eigenvalue weighted by atomic mass is 9.97. The number of hydrogen-bond acceptors (Lipinski definition) is 5. The van der Waals surface area contributed by atoms with Crippen molar-refractivity contribution in [1.29, 1.82) is 0 Å². The molecule has 1 aromatic carbocycles. The van der Waals surface area contributed by atoms with Gasteiger partial charge in [-0.15, -0.1) is 0 Å². The van der Waals surface area contributed by atoms with Gasteiger partial charge < -0.3 is 25.4 Å². The van der Waals surface area contributed by atoms with Crippen LogP contribution in [0.2, 0.25) is 5.02 Å². The Morgan fingerprint density at radius 3 is 2.68 bits per heavy atom. The van der Waals surface area contributed by atoms with Gasteiger partial charge in [0.2, 0.25) is 0 Å². The fourth-order valence-corrected chi connectivity index (χ4v) is 3.74. The zero-order valence-electron chi connectivity index (χ0n) is 16.6. The number of amides is 2. The second-order valence-electron chi connectivity index (χ2n) is 8.35. The number of nitrogens with zero attached hydrogens (tertiary/aromatic N) is 1. The van der Waals surface area contributed by atoms with E-state index in [0.717, 1.165) is 18.4 Å². The van der Waals surface area contributed by atoms with Crippen molar-refractivity contribution in [3.63, 3.8) is 0 Å². The van der Waals surface area contributed by atoms with E-state index in [9.17, 15) is 9.59 Å².